The number of hydrogen-bond acceptors (Lipinski definition) is 2. The molecule has 1 amide bonds. The zero-order valence-electron chi connectivity index (χ0n) is 8.82. The van der Waals surface area contributed by atoms with Crippen LogP contribution in [0.25, 0.3) is 0 Å². The van der Waals surface area contributed by atoms with E-state index in [0.29, 0.717) is 5.82 Å². The quantitative estimate of drug-likeness (QED) is 0.846. The van der Waals surface area contributed by atoms with E-state index in [1.807, 2.05) is 6.07 Å². The molecular formula is C12H13BrN2O. The number of rotatable bonds is 2. The van der Waals surface area contributed by atoms with Gasteiger partial charge in [-0.1, -0.05) is 12.2 Å². The van der Waals surface area contributed by atoms with Gasteiger partial charge in [-0.3, -0.25) is 4.79 Å². The summed E-state index contributed by atoms with van der Waals surface area (Å²) in [5.41, 5.74) is 0. The van der Waals surface area contributed by atoms with E-state index < -0.39 is 0 Å². The van der Waals surface area contributed by atoms with Gasteiger partial charge in [0.05, 0.1) is 0 Å². The SMILES string of the molecule is O=C(Nc1ccc(Br)cn1)C1CC=CCC1. The van der Waals surface area contributed by atoms with E-state index in [0.717, 1.165) is 23.7 Å². The van der Waals surface area contributed by atoms with E-state index in [1.54, 1.807) is 12.3 Å². The number of halogens is 1. The molecule has 0 fully saturated rings. The van der Waals surface area contributed by atoms with Crippen LogP contribution < -0.4 is 5.32 Å². The average Bonchev–Trinajstić information content (AvgIpc) is 2.33. The molecule has 3 nitrogen and oxygen atoms in total. The Hall–Kier alpha value is -1.16. The summed E-state index contributed by atoms with van der Waals surface area (Å²) >= 11 is 3.30. The summed E-state index contributed by atoms with van der Waals surface area (Å²) in [4.78, 5) is 16.0. The van der Waals surface area contributed by atoms with Crippen LogP contribution in [0.2, 0.25) is 0 Å². The normalized spacial score (nSPS) is 19.4. The number of carbonyl (C=O) groups is 1. The van der Waals surface area contributed by atoms with Crippen LogP contribution in [-0.4, -0.2) is 10.9 Å². The first-order valence-corrected chi connectivity index (χ1v) is 6.12. The summed E-state index contributed by atoms with van der Waals surface area (Å²) in [6, 6.07) is 3.66. The summed E-state index contributed by atoms with van der Waals surface area (Å²) in [6.07, 6.45) is 8.63. The van der Waals surface area contributed by atoms with Crippen molar-refractivity contribution in [1.29, 1.82) is 0 Å². The fourth-order valence-corrected chi connectivity index (χ4v) is 1.94. The first-order chi connectivity index (χ1) is 7.75. The van der Waals surface area contributed by atoms with Crippen LogP contribution in [0.1, 0.15) is 19.3 Å². The largest absolute Gasteiger partial charge is 0.310 e. The summed E-state index contributed by atoms with van der Waals surface area (Å²) in [6.45, 7) is 0. The molecule has 0 radical (unpaired) electrons. The molecule has 0 bridgehead atoms. The number of pyridine rings is 1. The Labute approximate surface area is 103 Å². The summed E-state index contributed by atoms with van der Waals surface area (Å²) in [5.74, 6) is 0.775. The fraction of sp³-hybridized carbons (Fsp3) is 0.333. The van der Waals surface area contributed by atoms with Gasteiger partial charge >= 0.3 is 0 Å². The monoisotopic (exact) mass is 280 g/mol. The van der Waals surface area contributed by atoms with Crippen LogP contribution in [0, 0.1) is 5.92 Å². The number of anilines is 1. The summed E-state index contributed by atoms with van der Waals surface area (Å²) in [7, 11) is 0. The topological polar surface area (TPSA) is 42.0 Å². The zero-order valence-corrected chi connectivity index (χ0v) is 10.4. The molecule has 0 aliphatic heterocycles. The molecule has 1 aliphatic carbocycles. The van der Waals surface area contributed by atoms with E-state index in [9.17, 15) is 4.79 Å². The van der Waals surface area contributed by atoms with Crippen molar-refractivity contribution < 1.29 is 4.79 Å². The lowest BCUT2D eigenvalue weighted by atomic mass is 9.94. The lowest BCUT2D eigenvalue weighted by molar-refractivity contribution is -0.120. The second kappa shape index (κ2) is 5.25. The number of carbonyl (C=O) groups excluding carboxylic acids is 1. The van der Waals surface area contributed by atoms with Gasteiger partial charge in [0.2, 0.25) is 5.91 Å². The molecule has 0 saturated heterocycles. The van der Waals surface area contributed by atoms with Crippen molar-refractivity contribution in [2.24, 2.45) is 5.92 Å². The van der Waals surface area contributed by atoms with E-state index in [-0.39, 0.29) is 11.8 Å². The van der Waals surface area contributed by atoms with Gasteiger partial charge in [0.15, 0.2) is 0 Å². The number of aromatic nitrogens is 1. The van der Waals surface area contributed by atoms with Crippen molar-refractivity contribution in [1.82, 2.24) is 4.98 Å². The Morgan fingerprint density at radius 3 is 2.94 bits per heavy atom. The van der Waals surface area contributed by atoms with Crippen LogP contribution in [0.4, 0.5) is 5.82 Å². The molecule has 0 saturated carbocycles. The lowest BCUT2D eigenvalue weighted by Gasteiger charge is -2.16. The molecule has 2 rings (SSSR count). The lowest BCUT2D eigenvalue weighted by Crippen LogP contribution is -2.23. The van der Waals surface area contributed by atoms with Gasteiger partial charge in [-0.05, 0) is 47.3 Å². The number of amides is 1. The maximum atomic E-state index is 11.9. The zero-order chi connectivity index (χ0) is 11.4. The second-order valence-electron chi connectivity index (χ2n) is 3.83. The third-order valence-corrected chi connectivity index (χ3v) is 3.09. The van der Waals surface area contributed by atoms with Gasteiger partial charge in [-0.2, -0.15) is 0 Å². The highest BCUT2D eigenvalue weighted by atomic mass is 79.9. The van der Waals surface area contributed by atoms with E-state index in [1.165, 1.54) is 0 Å². The molecule has 84 valence electrons. The van der Waals surface area contributed by atoms with Gasteiger partial charge in [0, 0.05) is 16.6 Å². The molecule has 1 N–H and O–H groups in total. The standard InChI is InChI=1S/C12H13BrN2O/c13-10-6-7-11(14-8-10)15-12(16)9-4-2-1-3-5-9/h1-2,6-9H,3-5H2,(H,14,15,16). The van der Waals surface area contributed by atoms with Crippen molar-refractivity contribution in [3.05, 3.63) is 35.0 Å². The Kier molecular flexibility index (Phi) is 3.72. The smallest absolute Gasteiger partial charge is 0.228 e. The van der Waals surface area contributed by atoms with E-state index in [4.69, 9.17) is 0 Å². The van der Waals surface area contributed by atoms with Crippen LogP contribution in [0.5, 0.6) is 0 Å². The molecule has 16 heavy (non-hydrogen) atoms. The van der Waals surface area contributed by atoms with Gasteiger partial charge in [-0.25, -0.2) is 4.98 Å². The van der Waals surface area contributed by atoms with Crippen molar-refractivity contribution >= 4 is 27.7 Å². The van der Waals surface area contributed by atoms with Gasteiger partial charge in [0.1, 0.15) is 5.82 Å². The number of nitrogens with one attached hydrogen (secondary N) is 1. The fourth-order valence-electron chi connectivity index (χ4n) is 1.71. The number of nitrogens with zero attached hydrogens (tertiary/aromatic N) is 1. The summed E-state index contributed by atoms with van der Waals surface area (Å²) in [5, 5.41) is 2.83. The predicted octanol–water partition coefficient (Wildman–Crippen LogP) is 3.14. The molecule has 1 aromatic heterocycles. The first-order valence-electron chi connectivity index (χ1n) is 5.33. The van der Waals surface area contributed by atoms with Crippen molar-refractivity contribution in [3.63, 3.8) is 0 Å². The van der Waals surface area contributed by atoms with Gasteiger partial charge in [-0.15, -0.1) is 0 Å². The maximum Gasteiger partial charge on any atom is 0.228 e. The van der Waals surface area contributed by atoms with Crippen molar-refractivity contribution in [2.45, 2.75) is 19.3 Å². The molecule has 0 spiro atoms. The van der Waals surface area contributed by atoms with E-state index in [2.05, 4.69) is 38.4 Å². The minimum Gasteiger partial charge on any atom is -0.310 e. The van der Waals surface area contributed by atoms with Gasteiger partial charge in [0.25, 0.3) is 0 Å². The molecular weight excluding hydrogens is 268 g/mol. The number of hydrogen-bond donors (Lipinski definition) is 1. The average molecular weight is 281 g/mol. The molecule has 1 heterocycles. The highest BCUT2D eigenvalue weighted by Gasteiger charge is 2.18. The number of allylic oxidation sites excluding steroid dienone is 2. The maximum absolute atomic E-state index is 11.9. The third-order valence-electron chi connectivity index (χ3n) is 2.62. The second-order valence-corrected chi connectivity index (χ2v) is 4.75. The van der Waals surface area contributed by atoms with Crippen LogP contribution >= 0.6 is 15.9 Å². The Balaban J connectivity index is 1.96. The minimum absolute atomic E-state index is 0.0687. The van der Waals surface area contributed by atoms with Crippen molar-refractivity contribution in [2.75, 3.05) is 5.32 Å². The summed E-state index contributed by atoms with van der Waals surface area (Å²) < 4.78 is 0.908. The predicted molar refractivity (Wildman–Crippen MR) is 67.0 cm³/mol. The van der Waals surface area contributed by atoms with Crippen LogP contribution in [-0.2, 0) is 4.79 Å². The molecule has 1 aliphatic rings. The Bertz CT molecular complexity index is 400. The highest BCUT2D eigenvalue weighted by molar-refractivity contribution is 9.10. The van der Waals surface area contributed by atoms with Crippen molar-refractivity contribution in [3.8, 4) is 0 Å². The van der Waals surface area contributed by atoms with Gasteiger partial charge < -0.3 is 5.32 Å². The van der Waals surface area contributed by atoms with E-state index >= 15 is 0 Å². The molecule has 1 aromatic rings. The highest BCUT2D eigenvalue weighted by Crippen LogP contribution is 2.20. The Morgan fingerprint density at radius 2 is 2.31 bits per heavy atom. The molecule has 4 heteroatoms. The Morgan fingerprint density at radius 1 is 1.44 bits per heavy atom. The first kappa shape index (κ1) is 11.3. The minimum atomic E-state index is 0.0687. The van der Waals surface area contributed by atoms with Crippen LogP contribution in [0.3, 0.4) is 0 Å². The third kappa shape index (κ3) is 2.92. The molecule has 1 unspecified atom stereocenters. The molecule has 0 aromatic carbocycles. The molecule has 1 atom stereocenters. The van der Waals surface area contributed by atoms with Crippen LogP contribution in [0.15, 0.2) is 35.0 Å².